The summed E-state index contributed by atoms with van der Waals surface area (Å²) in [6.07, 6.45) is 0.609. The summed E-state index contributed by atoms with van der Waals surface area (Å²) < 4.78 is 31.1. The van der Waals surface area contributed by atoms with Gasteiger partial charge in [0.2, 0.25) is 5.91 Å². The summed E-state index contributed by atoms with van der Waals surface area (Å²) in [5.74, 6) is 5.54. The number of alkyl halides is 3. The number of carbonyl (C=O) groups is 1. The Bertz CT molecular complexity index is 718. The molecule has 0 spiro atoms. The van der Waals surface area contributed by atoms with Gasteiger partial charge in [-0.05, 0) is 24.1 Å². The molecule has 1 aromatic rings. The number of benzene rings is 1. The van der Waals surface area contributed by atoms with Gasteiger partial charge in [0.15, 0.2) is 0 Å². The molecule has 1 aliphatic heterocycles. The Morgan fingerprint density at radius 2 is 2.24 bits per heavy atom. The molecule has 25 heavy (non-hydrogen) atoms. The average Bonchev–Trinajstić information content (AvgIpc) is 2.53. The van der Waals surface area contributed by atoms with E-state index in [2.05, 4.69) is 33.8 Å². The molecule has 3 nitrogen and oxygen atoms in total. The number of rotatable bonds is 5. The Hall–Kier alpha value is -0.476. The fourth-order valence-corrected chi connectivity index (χ4v) is 2.85. The van der Waals surface area contributed by atoms with E-state index >= 15 is 0 Å². The third-order valence-electron chi connectivity index (χ3n) is 3.26. The zero-order valence-electron chi connectivity index (χ0n) is 13.4. The normalized spacial score (nSPS) is 16.7. The van der Waals surface area contributed by atoms with E-state index < -0.39 is 23.7 Å². The molecule has 0 N–H and O–H groups in total. The van der Waals surface area contributed by atoms with Crippen LogP contribution in [0.4, 0.5) is 8.78 Å². The van der Waals surface area contributed by atoms with Crippen LogP contribution in [0.5, 0.6) is 5.75 Å². The third kappa shape index (κ3) is 6.03. The zero-order chi connectivity index (χ0) is 17.7. The molecule has 0 aromatic heterocycles. The third-order valence-corrected chi connectivity index (χ3v) is 4.28. The van der Waals surface area contributed by atoms with E-state index in [0.29, 0.717) is 16.3 Å². The minimum atomic E-state index is -2.66. The standard InChI is InChI=1S/C17H14BrClF2NO2.Y/c1-2-3-8-24-11-4-5-12(14(19)9-11)15-7-6-13(18)17(23)22(15)10-16(20)21;/h4-5,9,13,16H,6,8,10H2,1H3;/q-1;. The van der Waals surface area contributed by atoms with Gasteiger partial charge in [-0.2, -0.15) is 0 Å². The van der Waals surface area contributed by atoms with Crippen LogP contribution in [0.3, 0.4) is 0 Å². The van der Waals surface area contributed by atoms with Crippen molar-refractivity contribution in [2.45, 2.75) is 24.6 Å². The molecule has 0 bridgehead atoms. The molecule has 1 aliphatic rings. The molecular weight excluding hydrogens is 492 g/mol. The molecule has 1 atom stereocenters. The molecule has 1 radical (unpaired) electrons. The molecule has 1 amide bonds. The summed E-state index contributed by atoms with van der Waals surface area (Å²) >= 11 is 9.42. The van der Waals surface area contributed by atoms with E-state index in [1.165, 1.54) is 0 Å². The second kappa shape index (κ2) is 10.6. The van der Waals surface area contributed by atoms with Crippen LogP contribution in [0, 0.1) is 17.9 Å². The van der Waals surface area contributed by atoms with Crippen LogP contribution in [-0.2, 0) is 37.5 Å². The molecule has 131 valence electrons. The summed E-state index contributed by atoms with van der Waals surface area (Å²) in [6.45, 7) is 1.22. The van der Waals surface area contributed by atoms with Crippen LogP contribution in [0.15, 0.2) is 18.2 Å². The largest absolute Gasteiger partial charge is 0.481 e. The van der Waals surface area contributed by atoms with E-state index in [4.69, 9.17) is 16.3 Å². The number of hydrogen-bond donors (Lipinski definition) is 0. The summed E-state index contributed by atoms with van der Waals surface area (Å²) in [7, 11) is 0. The second-order valence-corrected chi connectivity index (χ2v) is 6.41. The molecule has 0 aliphatic carbocycles. The van der Waals surface area contributed by atoms with Gasteiger partial charge in [0.05, 0.1) is 11.4 Å². The number of carbonyl (C=O) groups excluding carboxylic acids is 1. The Morgan fingerprint density at radius 1 is 1.52 bits per heavy atom. The van der Waals surface area contributed by atoms with Crippen molar-refractivity contribution >= 4 is 39.1 Å². The van der Waals surface area contributed by atoms with E-state index in [-0.39, 0.29) is 51.4 Å². The fraction of sp³-hybridized carbons (Fsp3) is 0.353. The number of halogens is 4. The maximum absolute atomic E-state index is 12.8. The molecule has 0 saturated carbocycles. The maximum Gasteiger partial charge on any atom is 0.256 e. The van der Waals surface area contributed by atoms with Gasteiger partial charge in [-0.1, -0.05) is 28.3 Å². The number of allylic oxidation sites excluding steroid dienone is 1. The van der Waals surface area contributed by atoms with Gasteiger partial charge in [0, 0.05) is 32.7 Å². The first-order valence-corrected chi connectivity index (χ1v) is 8.40. The number of amides is 1. The average molecular weight is 507 g/mol. The van der Waals surface area contributed by atoms with E-state index in [1.807, 2.05) is 0 Å². The predicted molar refractivity (Wildman–Crippen MR) is 92.1 cm³/mol. The Morgan fingerprint density at radius 3 is 2.84 bits per heavy atom. The van der Waals surface area contributed by atoms with Crippen LogP contribution >= 0.6 is 27.5 Å². The first-order valence-electron chi connectivity index (χ1n) is 7.10. The van der Waals surface area contributed by atoms with Crippen molar-refractivity contribution in [3.05, 3.63) is 34.9 Å². The zero-order valence-corrected chi connectivity index (χ0v) is 18.5. The molecule has 2 rings (SSSR count). The molecule has 8 heteroatoms. The fourth-order valence-electron chi connectivity index (χ4n) is 2.18. The number of ether oxygens (including phenoxy) is 1. The maximum atomic E-state index is 12.8. The van der Waals surface area contributed by atoms with Crippen LogP contribution in [0.2, 0.25) is 5.02 Å². The molecule has 0 saturated heterocycles. The molecule has 1 heterocycles. The van der Waals surface area contributed by atoms with Gasteiger partial charge in [-0.25, -0.2) is 14.9 Å². The van der Waals surface area contributed by atoms with Gasteiger partial charge in [0.25, 0.3) is 6.43 Å². The van der Waals surface area contributed by atoms with Crippen molar-refractivity contribution in [3.8, 4) is 17.6 Å². The first-order chi connectivity index (χ1) is 11.4. The summed E-state index contributed by atoms with van der Waals surface area (Å²) in [6, 6.07) is 4.84. The Kier molecular flexibility index (Phi) is 9.58. The molecule has 0 fully saturated rings. The quantitative estimate of drug-likeness (QED) is 0.341. The van der Waals surface area contributed by atoms with Crippen molar-refractivity contribution in [2.75, 3.05) is 13.2 Å². The van der Waals surface area contributed by atoms with Gasteiger partial charge in [0.1, 0.15) is 12.4 Å². The SMILES string of the molecule is CC#CCOc1ccc(C2=[C-]CC(Br)C(=O)N2CC(F)F)c(Cl)c1.[Y]. The van der Waals surface area contributed by atoms with Crippen molar-refractivity contribution < 1.29 is 51.0 Å². The van der Waals surface area contributed by atoms with Crippen molar-refractivity contribution in [2.24, 2.45) is 0 Å². The minimum absolute atomic E-state index is 0. The van der Waals surface area contributed by atoms with Gasteiger partial charge < -0.3 is 9.64 Å². The smallest absolute Gasteiger partial charge is 0.256 e. The topological polar surface area (TPSA) is 29.5 Å². The molecule has 1 aromatic carbocycles. The monoisotopic (exact) mass is 505 g/mol. The van der Waals surface area contributed by atoms with Crippen LogP contribution in [0.25, 0.3) is 5.70 Å². The summed E-state index contributed by atoms with van der Waals surface area (Å²) in [4.78, 5) is 12.6. The van der Waals surface area contributed by atoms with Gasteiger partial charge in [-0.15, -0.1) is 34.8 Å². The summed E-state index contributed by atoms with van der Waals surface area (Å²) in [5, 5.41) is 0.291. The predicted octanol–water partition coefficient (Wildman–Crippen LogP) is 4.14. The number of nitrogens with zero attached hydrogens (tertiary/aromatic N) is 1. The Balaban J connectivity index is 0.00000312. The number of hydrogen-bond acceptors (Lipinski definition) is 2. The second-order valence-electron chi connectivity index (χ2n) is 4.89. The van der Waals surface area contributed by atoms with Crippen LogP contribution < -0.4 is 4.74 Å². The van der Waals surface area contributed by atoms with E-state index in [0.717, 1.165) is 4.90 Å². The van der Waals surface area contributed by atoms with Gasteiger partial charge >= 0.3 is 0 Å². The van der Waals surface area contributed by atoms with E-state index in [1.54, 1.807) is 25.1 Å². The first kappa shape index (κ1) is 22.6. The van der Waals surface area contributed by atoms with Crippen LogP contribution in [-0.4, -0.2) is 35.2 Å². The van der Waals surface area contributed by atoms with E-state index in [9.17, 15) is 13.6 Å². The van der Waals surface area contributed by atoms with Crippen molar-refractivity contribution in [1.82, 2.24) is 4.90 Å². The van der Waals surface area contributed by atoms with Crippen LogP contribution in [0.1, 0.15) is 18.9 Å². The van der Waals surface area contributed by atoms with Gasteiger partial charge in [-0.3, -0.25) is 4.79 Å². The van der Waals surface area contributed by atoms with Crippen molar-refractivity contribution in [1.29, 1.82) is 0 Å². The molecule has 1 unspecified atom stereocenters. The van der Waals surface area contributed by atoms with Crippen molar-refractivity contribution in [3.63, 3.8) is 0 Å². The minimum Gasteiger partial charge on any atom is -0.481 e. The Labute approximate surface area is 184 Å². The summed E-state index contributed by atoms with van der Waals surface area (Å²) in [5.41, 5.74) is 0.722. The molecular formula is C17H14BrClF2NO2Y-.